The van der Waals surface area contributed by atoms with Crippen LogP contribution in [0.1, 0.15) is 60.4 Å². The van der Waals surface area contributed by atoms with E-state index in [2.05, 4.69) is 10.2 Å². The molecule has 208 valence electrons. The van der Waals surface area contributed by atoms with E-state index >= 15 is 0 Å². The standard InChI is InChI=1S/C27H30F7N3O/c28-22-8-6-19(7-9-22)24(37-12-10-36(11-13-37)23-4-2-1-3-5-23)25(38)35-17-18-14-20(26(29,30)31)16-21(15-18)27(32,33)34/h6-9,14-16,23-24H,1-5,10-13,17H2,(H,35,38). The quantitative estimate of drug-likeness (QED) is 0.441. The lowest BCUT2D eigenvalue weighted by Gasteiger charge is -2.43. The van der Waals surface area contributed by atoms with Crippen molar-refractivity contribution in [2.45, 2.75) is 63.1 Å². The minimum absolute atomic E-state index is 0.0540. The summed E-state index contributed by atoms with van der Waals surface area (Å²) < 4.78 is 93.0. The summed E-state index contributed by atoms with van der Waals surface area (Å²) in [6.45, 7) is 2.05. The minimum atomic E-state index is -4.98. The fourth-order valence-corrected chi connectivity index (χ4v) is 5.39. The third-order valence-corrected chi connectivity index (χ3v) is 7.35. The molecule has 0 spiro atoms. The van der Waals surface area contributed by atoms with Gasteiger partial charge in [0.05, 0.1) is 11.1 Å². The lowest BCUT2D eigenvalue weighted by molar-refractivity contribution is -0.143. The molecule has 38 heavy (non-hydrogen) atoms. The first-order valence-corrected chi connectivity index (χ1v) is 12.7. The van der Waals surface area contributed by atoms with E-state index in [4.69, 9.17) is 0 Å². The largest absolute Gasteiger partial charge is 0.416 e. The molecule has 1 saturated carbocycles. The van der Waals surface area contributed by atoms with Crippen LogP contribution in [0.2, 0.25) is 0 Å². The maximum Gasteiger partial charge on any atom is 0.416 e. The molecular formula is C27H30F7N3O. The van der Waals surface area contributed by atoms with E-state index in [0.29, 0.717) is 36.8 Å². The lowest BCUT2D eigenvalue weighted by atomic mass is 9.93. The Labute approximate surface area is 216 Å². The number of nitrogens with zero attached hydrogens (tertiary/aromatic N) is 2. The van der Waals surface area contributed by atoms with E-state index in [-0.39, 0.29) is 11.6 Å². The van der Waals surface area contributed by atoms with Crippen LogP contribution in [-0.4, -0.2) is 47.9 Å². The van der Waals surface area contributed by atoms with Crippen LogP contribution in [0.4, 0.5) is 30.7 Å². The minimum Gasteiger partial charge on any atom is -0.350 e. The van der Waals surface area contributed by atoms with Crippen molar-refractivity contribution in [3.8, 4) is 0 Å². The number of hydrogen-bond donors (Lipinski definition) is 1. The van der Waals surface area contributed by atoms with Crippen molar-refractivity contribution >= 4 is 5.91 Å². The van der Waals surface area contributed by atoms with Gasteiger partial charge in [0.2, 0.25) is 5.91 Å². The van der Waals surface area contributed by atoms with Gasteiger partial charge in [-0.25, -0.2) is 4.39 Å². The molecule has 2 fully saturated rings. The number of alkyl halides is 6. The highest BCUT2D eigenvalue weighted by molar-refractivity contribution is 5.83. The SMILES string of the molecule is O=C(NCc1cc(C(F)(F)F)cc(C(F)(F)F)c1)C(c1ccc(F)cc1)N1CCN(C2CCCCC2)CC1. The Bertz CT molecular complexity index is 1060. The van der Waals surface area contributed by atoms with Crippen molar-refractivity contribution in [3.05, 3.63) is 70.5 Å². The van der Waals surface area contributed by atoms with E-state index in [1.165, 1.54) is 43.5 Å². The molecule has 0 radical (unpaired) electrons. The number of halogens is 7. The Morgan fingerprint density at radius 1 is 0.842 bits per heavy atom. The smallest absolute Gasteiger partial charge is 0.350 e. The van der Waals surface area contributed by atoms with Crippen molar-refractivity contribution in [2.75, 3.05) is 26.2 Å². The Morgan fingerprint density at radius 3 is 1.92 bits per heavy atom. The van der Waals surface area contributed by atoms with Crippen molar-refractivity contribution in [2.24, 2.45) is 0 Å². The second kappa shape index (κ2) is 11.6. The predicted molar refractivity (Wildman–Crippen MR) is 127 cm³/mol. The van der Waals surface area contributed by atoms with Gasteiger partial charge in [-0.3, -0.25) is 14.6 Å². The molecule has 1 atom stereocenters. The molecule has 1 N–H and O–H groups in total. The molecule has 0 bridgehead atoms. The van der Waals surface area contributed by atoms with Gasteiger partial charge >= 0.3 is 12.4 Å². The zero-order valence-corrected chi connectivity index (χ0v) is 20.7. The monoisotopic (exact) mass is 545 g/mol. The van der Waals surface area contributed by atoms with Crippen LogP contribution >= 0.6 is 0 Å². The summed E-state index contributed by atoms with van der Waals surface area (Å²) >= 11 is 0. The second-order valence-electron chi connectivity index (χ2n) is 9.95. The van der Waals surface area contributed by atoms with Crippen LogP contribution in [0, 0.1) is 5.82 Å². The molecule has 2 aromatic carbocycles. The number of carbonyl (C=O) groups is 1. The van der Waals surface area contributed by atoms with Gasteiger partial charge in [0.15, 0.2) is 0 Å². The molecule has 1 aliphatic carbocycles. The third kappa shape index (κ3) is 7.05. The summed E-state index contributed by atoms with van der Waals surface area (Å²) in [6, 6.07) is 6.28. The van der Waals surface area contributed by atoms with E-state index in [1.807, 2.05) is 4.90 Å². The molecule has 0 aromatic heterocycles. The normalized spacial score (nSPS) is 19.3. The van der Waals surface area contributed by atoms with E-state index in [9.17, 15) is 35.5 Å². The Morgan fingerprint density at radius 2 is 1.39 bits per heavy atom. The van der Waals surface area contributed by atoms with E-state index < -0.39 is 47.8 Å². The number of piperazine rings is 1. The van der Waals surface area contributed by atoms with E-state index in [1.54, 1.807) is 0 Å². The first kappa shape index (κ1) is 28.4. The van der Waals surface area contributed by atoms with Gasteiger partial charge in [-0.15, -0.1) is 0 Å². The van der Waals surface area contributed by atoms with Gasteiger partial charge in [0, 0.05) is 38.8 Å². The fraction of sp³-hybridized carbons (Fsp3) is 0.519. The molecule has 1 amide bonds. The van der Waals surface area contributed by atoms with Crippen LogP contribution in [0.15, 0.2) is 42.5 Å². The van der Waals surface area contributed by atoms with Crippen LogP contribution < -0.4 is 5.32 Å². The molecule has 4 rings (SSSR count). The zero-order chi connectivity index (χ0) is 27.5. The van der Waals surface area contributed by atoms with Gasteiger partial charge in [0.25, 0.3) is 0 Å². The number of nitrogens with one attached hydrogen (secondary N) is 1. The van der Waals surface area contributed by atoms with Crippen molar-refractivity contribution < 1.29 is 35.5 Å². The van der Waals surface area contributed by atoms with Crippen molar-refractivity contribution in [1.29, 1.82) is 0 Å². The van der Waals surface area contributed by atoms with Gasteiger partial charge in [-0.1, -0.05) is 31.4 Å². The molecule has 4 nitrogen and oxygen atoms in total. The van der Waals surface area contributed by atoms with Crippen LogP contribution in [0.3, 0.4) is 0 Å². The topological polar surface area (TPSA) is 35.6 Å². The predicted octanol–water partition coefficient (Wildman–Crippen LogP) is 6.17. The summed E-state index contributed by atoms with van der Waals surface area (Å²) in [7, 11) is 0. The average Bonchev–Trinajstić information content (AvgIpc) is 2.88. The number of amides is 1. The lowest BCUT2D eigenvalue weighted by Crippen LogP contribution is -2.53. The molecule has 11 heteroatoms. The number of rotatable bonds is 6. The highest BCUT2D eigenvalue weighted by Gasteiger charge is 2.37. The molecular weight excluding hydrogens is 515 g/mol. The third-order valence-electron chi connectivity index (χ3n) is 7.35. The number of benzene rings is 2. The molecule has 1 unspecified atom stereocenters. The van der Waals surface area contributed by atoms with Crippen molar-refractivity contribution in [3.63, 3.8) is 0 Å². The highest BCUT2D eigenvalue weighted by atomic mass is 19.4. The number of carbonyl (C=O) groups excluding carboxylic acids is 1. The van der Waals surface area contributed by atoms with Crippen LogP contribution in [0.25, 0.3) is 0 Å². The van der Waals surface area contributed by atoms with Crippen LogP contribution in [0.5, 0.6) is 0 Å². The second-order valence-corrected chi connectivity index (χ2v) is 9.95. The number of hydrogen-bond acceptors (Lipinski definition) is 3. The van der Waals surface area contributed by atoms with Crippen LogP contribution in [-0.2, 0) is 23.7 Å². The average molecular weight is 546 g/mol. The Balaban J connectivity index is 1.51. The van der Waals surface area contributed by atoms with Gasteiger partial charge in [-0.2, -0.15) is 26.3 Å². The molecule has 1 saturated heterocycles. The van der Waals surface area contributed by atoms with Gasteiger partial charge < -0.3 is 5.32 Å². The highest BCUT2D eigenvalue weighted by Crippen LogP contribution is 2.36. The molecule has 1 aliphatic heterocycles. The van der Waals surface area contributed by atoms with Crippen molar-refractivity contribution in [1.82, 2.24) is 15.1 Å². The maximum absolute atomic E-state index is 13.6. The fourth-order valence-electron chi connectivity index (χ4n) is 5.39. The van der Waals surface area contributed by atoms with Gasteiger partial charge in [0.1, 0.15) is 11.9 Å². The van der Waals surface area contributed by atoms with E-state index in [0.717, 1.165) is 25.9 Å². The Hall–Kier alpha value is -2.66. The first-order valence-electron chi connectivity index (χ1n) is 12.7. The Kier molecular flexibility index (Phi) is 8.66. The summed E-state index contributed by atoms with van der Waals surface area (Å²) in [4.78, 5) is 17.7. The van der Waals surface area contributed by atoms with Gasteiger partial charge in [-0.05, 0) is 54.3 Å². The maximum atomic E-state index is 13.6. The molecule has 2 aromatic rings. The summed E-state index contributed by atoms with van der Waals surface area (Å²) in [5.41, 5.74) is -2.70. The summed E-state index contributed by atoms with van der Waals surface area (Å²) in [6.07, 6.45) is -4.06. The summed E-state index contributed by atoms with van der Waals surface area (Å²) in [5.74, 6) is -1.06. The first-order chi connectivity index (χ1) is 17.9. The molecule has 2 aliphatic rings. The zero-order valence-electron chi connectivity index (χ0n) is 20.7. The molecule has 1 heterocycles. The summed E-state index contributed by atoms with van der Waals surface area (Å²) in [5, 5.41) is 2.52.